The second kappa shape index (κ2) is 39.3. The van der Waals surface area contributed by atoms with Gasteiger partial charge in [0.15, 0.2) is 46.0 Å². The third kappa shape index (κ3) is 19.8. The van der Waals surface area contributed by atoms with Crippen molar-refractivity contribution in [3.8, 4) is 115 Å². The summed E-state index contributed by atoms with van der Waals surface area (Å²) in [6, 6.07) is 74.1. The van der Waals surface area contributed by atoms with Crippen molar-refractivity contribution in [2.24, 2.45) is 28.2 Å². The van der Waals surface area contributed by atoms with Crippen LogP contribution < -0.4 is 21.3 Å². The first-order valence-corrected chi connectivity index (χ1v) is 41.8. The van der Waals surface area contributed by atoms with Gasteiger partial charge in [0.1, 0.15) is 92.6 Å². The summed E-state index contributed by atoms with van der Waals surface area (Å²) in [5, 5.41) is 74.9. The second-order valence-electron chi connectivity index (χ2n) is 29.6. The van der Waals surface area contributed by atoms with E-state index in [0.29, 0.717) is 153 Å². The Morgan fingerprint density at radius 2 is 0.631 bits per heavy atom. The van der Waals surface area contributed by atoms with Crippen molar-refractivity contribution in [2.45, 2.75) is 33.4 Å². The highest BCUT2D eigenvalue weighted by Crippen LogP contribution is 2.41. The van der Waals surface area contributed by atoms with Crippen LogP contribution in [-0.4, -0.2) is 111 Å². The smallest absolute Gasteiger partial charge is 0.222 e. The van der Waals surface area contributed by atoms with Gasteiger partial charge in [-0.2, -0.15) is 41.4 Å². The maximum atomic E-state index is 11.5. The van der Waals surface area contributed by atoms with Crippen LogP contribution in [0.1, 0.15) is 52.0 Å². The quantitative estimate of drug-likeness (QED) is 0.0584. The number of carbonyl (C=O) groups excluding carboxylic acids is 1. The summed E-state index contributed by atoms with van der Waals surface area (Å²) in [5.41, 5.74) is 17.4. The minimum atomic E-state index is -0.352. The first-order valence-electron chi connectivity index (χ1n) is 40.3. The predicted molar refractivity (Wildman–Crippen MR) is 504 cm³/mol. The van der Waals surface area contributed by atoms with Crippen LogP contribution in [0.5, 0.6) is 0 Å². The SMILES string of the molecule is CC(=O)Nc1nc(-c2ccn(C)n2)c(-c2cc(Cl)c3ncccc3c2)nc1C#N.Cc1ccc(CNc2nc(-c3ccn(C)n3)c(-c3cc(Cl)c4ncccc4c3)nc2C#N)cc1.Cn1ccc(-c2nc(NCCc3ccccc3)c(C#N)nc2-c2cc(Cl)c3ncccc3c2)n1.Cn1ccc(-c2nc(NCc3ccccc3)c(C#N)nc2-c2cc(Cl)c3ncccc3c2)n1. The van der Waals surface area contributed by atoms with E-state index in [-0.39, 0.29) is 34.5 Å². The third-order valence-electron chi connectivity index (χ3n) is 20.3. The van der Waals surface area contributed by atoms with E-state index in [9.17, 15) is 25.8 Å². The molecule has 29 nitrogen and oxygen atoms in total. The first-order chi connectivity index (χ1) is 63.2. The number of nitrogens with zero attached hydrogens (tertiary/aromatic N) is 24. The molecule has 33 heteroatoms. The molecular weight excluding hydrogens is 1720 g/mol. The number of rotatable bonds is 19. The lowest BCUT2D eigenvalue weighted by atomic mass is 10.0. The summed E-state index contributed by atoms with van der Waals surface area (Å²) in [6.07, 6.45) is 14.9. The first kappa shape index (κ1) is 86.8. The van der Waals surface area contributed by atoms with Gasteiger partial charge in [0.25, 0.3) is 0 Å². The lowest BCUT2D eigenvalue weighted by Crippen LogP contribution is -2.12. The third-order valence-corrected chi connectivity index (χ3v) is 21.4. The number of pyridine rings is 4. The molecule has 0 unspecified atom stereocenters. The van der Waals surface area contributed by atoms with Crippen LogP contribution in [0.3, 0.4) is 0 Å². The number of fused-ring (bicyclic) bond motifs is 4. The van der Waals surface area contributed by atoms with Crippen molar-refractivity contribution >= 4 is 119 Å². The van der Waals surface area contributed by atoms with E-state index < -0.39 is 0 Å². The largest absolute Gasteiger partial charge is 0.367 e. The number of anilines is 4. The van der Waals surface area contributed by atoms with Crippen LogP contribution in [0.25, 0.3) is 134 Å². The second-order valence-corrected chi connectivity index (χ2v) is 31.2. The average molecular weight is 1790 g/mol. The van der Waals surface area contributed by atoms with E-state index in [1.54, 1.807) is 87.1 Å². The number of hydrogen-bond acceptors (Lipinski definition) is 24. The maximum absolute atomic E-state index is 11.5. The molecule has 0 bridgehead atoms. The average Bonchev–Trinajstić information content (AvgIpc) is 1.20. The van der Waals surface area contributed by atoms with E-state index >= 15 is 0 Å². The Kier molecular flexibility index (Phi) is 26.2. The molecule has 0 aliphatic heterocycles. The zero-order valence-electron chi connectivity index (χ0n) is 70.2. The van der Waals surface area contributed by atoms with Crippen LogP contribution in [0, 0.1) is 52.2 Å². The minimum Gasteiger partial charge on any atom is -0.367 e. The molecule has 0 fully saturated rings. The van der Waals surface area contributed by atoms with Gasteiger partial charge in [0.05, 0.1) is 42.2 Å². The molecule has 634 valence electrons. The van der Waals surface area contributed by atoms with Gasteiger partial charge < -0.3 is 21.3 Å². The Labute approximate surface area is 764 Å². The predicted octanol–water partition coefficient (Wildman–Crippen LogP) is 19.6. The van der Waals surface area contributed by atoms with E-state index in [0.717, 1.165) is 55.8 Å². The van der Waals surface area contributed by atoms with Crippen LogP contribution in [-0.2, 0) is 52.5 Å². The van der Waals surface area contributed by atoms with Gasteiger partial charge in [-0.15, -0.1) is 0 Å². The molecule has 0 radical (unpaired) electrons. The molecule has 0 saturated carbocycles. The number of halogens is 4. The standard InChI is InChI=1S/2C26H20ClN7.C25H18ClN7.C20H14ClN7O/c1-16-5-7-17(8-6-16)15-30-26-22(14-28)31-24(25(32-26)21-9-11-34(2)33-21)19-12-18-4-3-10-29-23(18)20(27)13-19;1-34-13-10-21(33-34)25-24(19-14-18-8-5-11-29-23(18)20(27)15-19)31-22(16-28)26(32-25)30-12-9-17-6-3-2-4-7-17;1-33-11-9-20(32-33)24-23(18-12-17-8-5-10-28-22(17)19(26)13-18)30-21(14-27)25(31-24)29-15-16-6-3-2-4-7-16;1-11(29)24-20-16(10-22)25-18(19(26-20)15-5-7-28(2)27-15)13-8-12-4-3-6-23-17(12)14(21)9-13/h3-13H,15H2,1-2H3,(H,30,32);2-8,10-11,13-15H,9,12H2,1H3,(H,30,32);2-13H,15H2,1H3,(H,29,31);3-9H,1-2H3,(H,24,26,29). The summed E-state index contributed by atoms with van der Waals surface area (Å²) in [7, 11) is 7.31. The number of nitrogens with one attached hydrogen (secondary N) is 4. The van der Waals surface area contributed by atoms with Crippen molar-refractivity contribution in [2.75, 3.05) is 27.8 Å². The van der Waals surface area contributed by atoms with Crippen LogP contribution in [0.15, 0.2) is 256 Å². The number of hydrogen-bond donors (Lipinski definition) is 4. The zero-order chi connectivity index (χ0) is 90.5. The molecular formula is C97H72Cl4N28O. The molecule has 0 saturated heterocycles. The summed E-state index contributed by atoms with van der Waals surface area (Å²) in [4.78, 5) is 66.4. The number of aromatic nitrogens is 20. The van der Waals surface area contributed by atoms with Crippen molar-refractivity contribution < 1.29 is 4.79 Å². The lowest BCUT2D eigenvalue weighted by Gasteiger charge is -2.13. The van der Waals surface area contributed by atoms with Gasteiger partial charge >= 0.3 is 0 Å². The fourth-order valence-electron chi connectivity index (χ4n) is 14.1. The van der Waals surface area contributed by atoms with Crippen LogP contribution in [0.4, 0.5) is 23.3 Å². The molecule has 130 heavy (non-hydrogen) atoms. The van der Waals surface area contributed by atoms with Crippen molar-refractivity contribution in [3.63, 3.8) is 0 Å². The summed E-state index contributed by atoms with van der Waals surface area (Å²) >= 11 is 26.0. The normalized spacial score (nSPS) is 10.8. The van der Waals surface area contributed by atoms with E-state index in [1.807, 2.05) is 204 Å². The Balaban J connectivity index is 0.000000127. The highest BCUT2D eigenvalue weighted by molar-refractivity contribution is 6.37. The minimum absolute atomic E-state index is 0.00251. The van der Waals surface area contributed by atoms with Crippen LogP contribution in [0.2, 0.25) is 20.1 Å². The molecule has 12 aromatic heterocycles. The molecule has 0 aliphatic carbocycles. The molecule has 0 atom stereocenters. The van der Waals surface area contributed by atoms with Crippen molar-refractivity contribution in [3.05, 3.63) is 321 Å². The molecule has 19 rings (SSSR count). The number of carbonyl (C=O) groups is 1. The zero-order valence-corrected chi connectivity index (χ0v) is 73.3. The highest BCUT2D eigenvalue weighted by Gasteiger charge is 2.26. The van der Waals surface area contributed by atoms with Crippen LogP contribution >= 0.6 is 46.4 Å². The van der Waals surface area contributed by atoms with E-state index in [1.165, 1.54) is 18.1 Å². The Morgan fingerprint density at radius 1 is 0.338 bits per heavy atom. The fourth-order valence-corrected chi connectivity index (χ4v) is 15.2. The topological polar surface area (TPSA) is 386 Å². The Bertz CT molecular complexity index is 7680. The highest BCUT2D eigenvalue weighted by atomic mass is 35.5. The molecule has 7 aromatic carbocycles. The van der Waals surface area contributed by atoms with E-state index in [4.69, 9.17) is 76.3 Å². The van der Waals surface area contributed by atoms with Gasteiger partial charge in [0.2, 0.25) is 5.91 Å². The molecule has 0 aliphatic rings. The molecule has 19 aromatic rings. The van der Waals surface area contributed by atoms with Gasteiger partial charge in [0, 0.05) is 148 Å². The van der Waals surface area contributed by atoms with Gasteiger partial charge in [-0.25, -0.2) is 39.9 Å². The van der Waals surface area contributed by atoms with Gasteiger partial charge in [-0.3, -0.25) is 43.5 Å². The number of benzene rings is 7. The van der Waals surface area contributed by atoms with Gasteiger partial charge in [-0.05, 0) is 127 Å². The monoisotopic (exact) mass is 1780 g/mol. The fraction of sp³-hybridized carbons (Fsp3) is 0.103. The van der Waals surface area contributed by atoms with Crippen molar-refractivity contribution in [1.29, 1.82) is 21.0 Å². The molecule has 0 spiro atoms. The Morgan fingerprint density at radius 3 is 0.931 bits per heavy atom. The van der Waals surface area contributed by atoms with E-state index in [2.05, 4.69) is 114 Å². The molecule has 4 N–H and O–H groups in total. The maximum Gasteiger partial charge on any atom is 0.222 e. The lowest BCUT2D eigenvalue weighted by molar-refractivity contribution is -0.114. The summed E-state index contributed by atoms with van der Waals surface area (Å²) in [5.74, 6) is 0.963. The summed E-state index contributed by atoms with van der Waals surface area (Å²) < 4.78 is 6.75. The van der Waals surface area contributed by atoms with Crippen molar-refractivity contribution in [1.82, 2.24) is 98.9 Å². The molecule has 12 heterocycles. The number of aryl methyl sites for hydroxylation is 5. The Hall–Kier alpha value is -16.7. The number of amides is 1. The van der Waals surface area contributed by atoms with Gasteiger partial charge in [-0.1, -0.05) is 161 Å². The molecule has 1 amide bonds. The number of nitriles is 4. The summed E-state index contributed by atoms with van der Waals surface area (Å²) in [6.45, 7) is 5.02.